The van der Waals surface area contributed by atoms with E-state index >= 15 is 0 Å². The number of carbonyl (C=O) groups is 1. The molecule has 0 bridgehead atoms. The van der Waals surface area contributed by atoms with E-state index in [4.69, 9.17) is 0 Å². The van der Waals surface area contributed by atoms with E-state index in [1.54, 1.807) is 11.7 Å². The molecule has 1 aromatic carbocycles. The molecule has 1 saturated heterocycles. The molecule has 2 heterocycles. The van der Waals surface area contributed by atoms with Gasteiger partial charge in [0.05, 0.1) is 10.6 Å². The lowest BCUT2D eigenvalue weighted by Crippen LogP contribution is -2.42. The number of hydrogen-bond donors (Lipinski definition) is 1. The second kappa shape index (κ2) is 7.91. The number of benzene rings is 1. The van der Waals surface area contributed by atoms with Crippen molar-refractivity contribution < 1.29 is 13.2 Å². The highest BCUT2D eigenvalue weighted by atomic mass is 32.2. The molecule has 7 nitrogen and oxygen atoms in total. The molecule has 1 aliphatic rings. The van der Waals surface area contributed by atoms with Gasteiger partial charge in [0.15, 0.2) is 0 Å². The van der Waals surface area contributed by atoms with Crippen LogP contribution in [-0.2, 0) is 21.9 Å². The summed E-state index contributed by atoms with van der Waals surface area (Å²) in [5.41, 5.74) is 4.40. The van der Waals surface area contributed by atoms with Crippen molar-refractivity contribution in [1.29, 1.82) is 0 Å². The fourth-order valence-electron chi connectivity index (χ4n) is 4.01. The molecular formula is C21H30N4O3S. The van der Waals surface area contributed by atoms with Crippen LogP contribution >= 0.6 is 0 Å². The Bertz CT molecular complexity index is 1020. The van der Waals surface area contributed by atoms with E-state index in [-0.39, 0.29) is 11.8 Å². The van der Waals surface area contributed by atoms with Crippen LogP contribution in [-0.4, -0.2) is 41.5 Å². The van der Waals surface area contributed by atoms with Crippen LogP contribution in [0.4, 0.5) is 5.82 Å². The SMILES string of the molecule is Cc1cc(NC(=O)C2CCN(S(=O)(=O)c3c(C)c(C)cc(C)c3C)CC2)n(C)n1. The van der Waals surface area contributed by atoms with E-state index in [1.807, 2.05) is 46.8 Å². The predicted octanol–water partition coefficient (Wildman–Crippen LogP) is 3.00. The Kier molecular flexibility index (Phi) is 5.87. The molecule has 8 heteroatoms. The number of hydrogen-bond acceptors (Lipinski definition) is 4. The van der Waals surface area contributed by atoms with E-state index in [9.17, 15) is 13.2 Å². The lowest BCUT2D eigenvalue weighted by Gasteiger charge is -2.31. The first-order chi connectivity index (χ1) is 13.5. The van der Waals surface area contributed by atoms with Crippen LogP contribution in [0.15, 0.2) is 17.0 Å². The molecule has 158 valence electrons. The molecule has 1 aromatic heterocycles. The summed E-state index contributed by atoms with van der Waals surface area (Å²) in [5.74, 6) is 0.367. The Labute approximate surface area is 173 Å². The second-order valence-corrected chi connectivity index (χ2v) is 9.93. The second-order valence-electron chi connectivity index (χ2n) is 8.05. The summed E-state index contributed by atoms with van der Waals surface area (Å²) >= 11 is 0. The average molecular weight is 419 g/mol. The minimum Gasteiger partial charge on any atom is -0.311 e. The van der Waals surface area contributed by atoms with Gasteiger partial charge < -0.3 is 5.32 Å². The van der Waals surface area contributed by atoms with Crippen molar-refractivity contribution in [3.8, 4) is 0 Å². The summed E-state index contributed by atoms with van der Waals surface area (Å²) < 4.78 is 29.9. The number of aromatic nitrogens is 2. The number of aryl methyl sites for hydroxylation is 4. The first-order valence-corrected chi connectivity index (χ1v) is 11.4. The lowest BCUT2D eigenvalue weighted by molar-refractivity contribution is -0.121. The Hall–Kier alpha value is -2.19. The molecule has 0 saturated carbocycles. The van der Waals surface area contributed by atoms with E-state index in [0.29, 0.717) is 36.6 Å². The molecule has 0 atom stereocenters. The first kappa shape index (κ1) is 21.5. The number of nitrogens with zero attached hydrogens (tertiary/aromatic N) is 3. The summed E-state index contributed by atoms with van der Waals surface area (Å²) in [4.78, 5) is 13.1. The van der Waals surface area contributed by atoms with Gasteiger partial charge in [-0.15, -0.1) is 0 Å². The van der Waals surface area contributed by atoms with Crippen LogP contribution in [0.25, 0.3) is 0 Å². The monoisotopic (exact) mass is 418 g/mol. The highest BCUT2D eigenvalue weighted by Gasteiger charge is 2.34. The third-order valence-electron chi connectivity index (χ3n) is 5.97. The van der Waals surface area contributed by atoms with Crippen LogP contribution in [0, 0.1) is 40.5 Å². The van der Waals surface area contributed by atoms with Crippen molar-refractivity contribution in [3.63, 3.8) is 0 Å². The summed E-state index contributed by atoms with van der Waals surface area (Å²) in [6, 6.07) is 3.85. The predicted molar refractivity (Wildman–Crippen MR) is 113 cm³/mol. The number of piperidine rings is 1. The fourth-order valence-corrected chi connectivity index (χ4v) is 6.06. The Morgan fingerprint density at radius 1 is 1.03 bits per heavy atom. The maximum atomic E-state index is 13.4. The van der Waals surface area contributed by atoms with Gasteiger partial charge in [-0.05, 0) is 69.7 Å². The van der Waals surface area contributed by atoms with Gasteiger partial charge in [0.1, 0.15) is 5.82 Å². The Morgan fingerprint density at radius 3 is 2.07 bits per heavy atom. The Morgan fingerprint density at radius 2 is 1.59 bits per heavy atom. The van der Waals surface area contributed by atoms with Crippen LogP contribution in [0.5, 0.6) is 0 Å². The standard InChI is InChI=1S/C21H30N4O3S/c1-13-11-14(2)17(5)20(16(13)4)29(27,28)25-9-7-18(8-10-25)21(26)22-19-12-15(3)23-24(19)6/h11-12,18H,7-10H2,1-6H3,(H,22,26). The molecule has 1 aliphatic heterocycles. The van der Waals surface area contributed by atoms with E-state index in [1.165, 1.54) is 4.31 Å². The van der Waals surface area contributed by atoms with Crippen LogP contribution < -0.4 is 5.32 Å². The van der Waals surface area contributed by atoms with Gasteiger partial charge in [0.25, 0.3) is 0 Å². The lowest BCUT2D eigenvalue weighted by atomic mass is 9.97. The summed E-state index contributed by atoms with van der Waals surface area (Å²) in [6.45, 7) is 10.2. The quantitative estimate of drug-likeness (QED) is 0.827. The number of nitrogens with one attached hydrogen (secondary N) is 1. The largest absolute Gasteiger partial charge is 0.311 e. The van der Waals surface area contributed by atoms with Gasteiger partial charge in [-0.25, -0.2) is 8.42 Å². The smallest absolute Gasteiger partial charge is 0.243 e. The zero-order valence-corrected chi connectivity index (χ0v) is 18.9. The topological polar surface area (TPSA) is 84.3 Å². The fraction of sp³-hybridized carbons (Fsp3) is 0.524. The van der Waals surface area contributed by atoms with Crippen LogP contribution in [0.1, 0.15) is 40.8 Å². The highest BCUT2D eigenvalue weighted by Crippen LogP contribution is 2.31. The van der Waals surface area contributed by atoms with E-state index in [2.05, 4.69) is 10.4 Å². The third-order valence-corrected chi connectivity index (χ3v) is 8.15. The minimum atomic E-state index is -3.59. The van der Waals surface area contributed by atoms with Gasteiger partial charge >= 0.3 is 0 Å². The molecule has 1 N–H and O–H groups in total. The summed E-state index contributed by atoms with van der Waals surface area (Å²) in [6.07, 6.45) is 1.01. The number of amides is 1. The molecule has 0 unspecified atom stereocenters. The molecule has 0 radical (unpaired) electrons. The van der Waals surface area contributed by atoms with Gasteiger partial charge in [0, 0.05) is 32.1 Å². The minimum absolute atomic E-state index is 0.0798. The third kappa shape index (κ3) is 4.09. The highest BCUT2D eigenvalue weighted by molar-refractivity contribution is 7.89. The summed E-state index contributed by atoms with van der Waals surface area (Å²) in [5, 5.41) is 7.14. The van der Waals surface area contributed by atoms with E-state index < -0.39 is 10.0 Å². The van der Waals surface area contributed by atoms with Crippen molar-refractivity contribution >= 4 is 21.7 Å². The van der Waals surface area contributed by atoms with Crippen molar-refractivity contribution in [3.05, 3.63) is 40.1 Å². The normalized spacial score (nSPS) is 16.2. The van der Waals surface area contributed by atoms with Gasteiger partial charge in [0.2, 0.25) is 15.9 Å². The van der Waals surface area contributed by atoms with Crippen LogP contribution in [0.3, 0.4) is 0 Å². The first-order valence-electron chi connectivity index (χ1n) is 9.91. The van der Waals surface area contributed by atoms with Crippen molar-refractivity contribution in [1.82, 2.24) is 14.1 Å². The average Bonchev–Trinajstić information content (AvgIpc) is 2.97. The number of anilines is 1. The number of rotatable bonds is 4. The van der Waals surface area contributed by atoms with Gasteiger partial charge in [-0.1, -0.05) is 6.07 Å². The maximum Gasteiger partial charge on any atom is 0.243 e. The van der Waals surface area contributed by atoms with Gasteiger partial charge in [-0.3, -0.25) is 9.48 Å². The van der Waals surface area contributed by atoms with Crippen molar-refractivity contribution in [2.75, 3.05) is 18.4 Å². The van der Waals surface area contributed by atoms with Crippen molar-refractivity contribution in [2.24, 2.45) is 13.0 Å². The molecular weight excluding hydrogens is 388 g/mol. The maximum absolute atomic E-state index is 13.4. The van der Waals surface area contributed by atoms with Gasteiger partial charge in [-0.2, -0.15) is 9.40 Å². The molecule has 3 rings (SSSR count). The molecule has 0 spiro atoms. The zero-order chi connectivity index (χ0) is 21.5. The number of carbonyl (C=O) groups excluding carboxylic acids is 1. The Balaban J connectivity index is 1.74. The number of sulfonamides is 1. The molecule has 0 aliphatic carbocycles. The summed E-state index contributed by atoms with van der Waals surface area (Å²) in [7, 11) is -1.81. The van der Waals surface area contributed by atoms with Crippen LogP contribution in [0.2, 0.25) is 0 Å². The van der Waals surface area contributed by atoms with E-state index in [0.717, 1.165) is 27.9 Å². The van der Waals surface area contributed by atoms with Crippen molar-refractivity contribution in [2.45, 2.75) is 52.4 Å². The molecule has 2 aromatic rings. The zero-order valence-electron chi connectivity index (χ0n) is 18.0. The molecule has 1 amide bonds. The molecule has 29 heavy (non-hydrogen) atoms. The molecule has 1 fully saturated rings.